The first-order valence-corrected chi connectivity index (χ1v) is 9.09. The molecular formula is C19H27F3N2. The molecule has 1 heterocycles. The fourth-order valence-electron chi connectivity index (χ4n) is 4.41. The highest BCUT2D eigenvalue weighted by molar-refractivity contribution is 5.57. The van der Waals surface area contributed by atoms with E-state index in [1.807, 2.05) is 0 Å². The molecule has 1 saturated carbocycles. The van der Waals surface area contributed by atoms with Crippen molar-refractivity contribution in [1.82, 2.24) is 4.90 Å². The van der Waals surface area contributed by atoms with Gasteiger partial charge >= 0.3 is 6.18 Å². The molecule has 24 heavy (non-hydrogen) atoms. The van der Waals surface area contributed by atoms with Crippen LogP contribution in [0.25, 0.3) is 0 Å². The topological polar surface area (TPSA) is 15.3 Å². The first kappa shape index (κ1) is 17.6. The summed E-state index contributed by atoms with van der Waals surface area (Å²) in [6, 6.07) is 4.20. The van der Waals surface area contributed by atoms with Gasteiger partial charge in [0, 0.05) is 18.8 Å². The van der Waals surface area contributed by atoms with Gasteiger partial charge in [-0.3, -0.25) is 0 Å². The van der Waals surface area contributed by atoms with E-state index in [0.29, 0.717) is 11.8 Å². The van der Waals surface area contributed by atoms with Crippen molar-refractivity contribution in [3.8, 4) is 0 Å². The predicted octanol–water partition coefficient (Wildman–Crippen LogP) is 4.97. The largest absolute Gasteiger partial charge is 0.416 e. The molecule has 2 nitrogen and oxygen atoms in total. The van der Waals surface area contributed by atoms with Crippen LogP contribution in [0, 0.1) is 11.8 Å². The Kier molecular flexibility index (Phi) is 5.09. The molecule has 1 aliphatic carbocycles. The summed E-state index contributed by atoms with van der Waals surface area (Å²) >= 11 is 0. The van der Waals surface area contributed by atoms with Crippen molar-refractivity contribution < 1.29 is 13.2 Å². The van der Waals surface area contributed by atoms with Gasteiger partial charge in [-0.25, -0.2) is 0 Å². The lowest BCUT2D eigenvalue weighted by Gasteiger charge is -2.42. The molecule has 134 valence electrons. The number of anilines is 1. The number of hydrogen-bond donors (Lipinski definition) is 1. The van der Waals surface area contributed by atoms with Crippen molar-refractivity contribution in [2.75, 3.05) is 31.5 Å². The molecule has 0 spiro atoms. The standard InChI is InChI=1S/C19H27F3N2/c1-3-24(4-2)12-13-5-6-14-11-23-18-8-7-15(19(20,21)22)10-17(18)16(14)9-13/h7-8,10,13-14,16,23H,3-6,9,11-12H2,1-2H3. The lowest BCUT2D eigenvalue weighted by Crippen LogP contribution is -2.37. The van der Waals surface area contributed by atoms with Gasteiger partial charge in [0.2, 0.25) is 0 Å². The molecule has 0 saturated heterocycles. The zero-order chi connectivity index (χ0) is 17.3. The summed E-state index contributed by atoms with van der Waals surface area (Å²) in [5, 5.41) is 3.34. The SMILES string of the molecule is CCN(CC)CC1CCC2CNc3ccc(C(F)(F)F)cc3C2C1. The van der Waals surface area contributed by atoms with Crippen LogP contribution in [0.4, 0.5) is 18.9 Å². The van der Waals surface area contributed by atoms with Gasteiger partial charge in [-0.2, -0.15) is 13.2 Å². The molecule has 3 rings (SSSR count). The number of halogens is 3. The molecule has 0 radical (unpaired) electrons. The fraction of sp³-hybridized carbons (Fsp3) is 0.684. The van der Waals surface area contributed by atoms with E-state index in [-0.39, 0.29) is 5.92 Å². The van der Waals surface area contributed by atoms with Crippen LogP contribution in [0.15, 0.2) is 18.2 Å². The van der Waals surface area contributed by atoms with Gasteiger partial charge in [-0.05, 0) is 73.9 Å². The second-order valence-corrected chi connectivity index (χ2v) is 7.21. The Labute approximate surface area is 142 Å². The Bertz CT molecular complexity index is 566. The van der Waals surface area contributed by atoms with Gasteiger partial charge in [-0.1, -0.05) is 13.8 Å². The molecule has 0 bridgehead atoms. The number of nitrogens with zero attached hydrogens (tertiary/aromatic N) is 1. The fourth-order valence-corrected chi connectivity index (χ4v) is 4.41. The number of fused-ring (bicyclic) bond motifs is 3. The molecule has 0 aromatic heterocycles. The number of nitrogens with one attached hydrogen (secondary N) is 1. The van der Waals surface area contributed by atoms with Crippen molar-refractivity contribution in [3.63, 3.8) is 0 Å². The third-order valence-electron chi connectivity index (χ3n) is 5.85. The Morgan fingerprint density at radius 2 is 1.92 bits per heavy atom. The van der Waals surface area contributed by atoms with Crippen LogP contribution in [0.5, 0.6) is 0 Å². The number of hydrogen-bond acceptors (Lipinski definition) is 2. The summed E-state index contributed by atoms with van der Waals surface area (Å²) in [4.78, 5) is 2.43. The Morgan fingerprint density at radius 3 is 2.58 bits per heavy atom. The first-order chi connectivity index (χ1) is 11.4. The zero-order valence-corrected chi connectivity index (χ0v) is 14.5. The van der Waals surface area contributed by atoms with Crippen molar-refractivity contribution in [3.05, 3.63) is 29.3 Å². The zero-order valence-electron chi connectivity index (χ0n) is 14.5. The van der Waals surface area contributed by atoms with Gasteiger partial charge < -0.3 is 10.2 Å². The maximum Gasteiger partial charge on any atom is 0.416 e. The second-order valence-electron chi connectivity index (χ2n) is 7.21. The second kappa shape index (κ2) is 6.95. The minimum absolute atomic E-state index is 0.262. The first-order valence-electron chi connectivity index (χ1n) is 9.09. The summed E-state index contributed by atoms with van der Waals surface area (Å²) in [6.45, 7) is 8.38. The molecule has 0 amide bonds. The van der Waals surface area contributed by atoms with Crippen LogP contribution in [0.3, 0.4) is 0 Å². The normalized spacial score (nSPS) is 26.7. The number of benzene rings is 1. The molecule has 3 atom stereocenters. The number of rotatable bonds is 4. The monoisotopic (exact) mass is 340 g/mol. The Morgan fingerprint density at radius 1 is 1.17 bits per heavy atom. The van der Waals surface area contributed by atoms with Crippen molar-refractivity contribution in [1.29, 1.82) is 0 Å². The van der Waals surface area contributed by atoms with Crippen LogP contribution in [-0.2, 0) is 6.18 Å². The number of alkyl halides is 3. The third kappa shape index (κ3) is 3.56. The van der Waals surface area contributed by atoms with Crippen molar-refractivity contribution in [2.24, 2.45) is 11.8 Å². The molecule has 5 heteroatoms. The molecule has 1 fully saturated rings. The lowest BCUT2D eigenvalue weighted by molar-refractivity contribution is -0.137. The minimum atomic E-state index is -4.27. The van der Waals surface area contributed by atoms with Crippen LogP contribution in [0.1, 0.15) is 50.2 Å². The van der Waals surface area contributed by atoms with E-state index >= 15 is 0 Å². The molecular weight excluding hydrogens is 313 g/mol. The molecule has 1 aromatic rings. The average Bonchev–Trinajstić information content (AvgIpc) is 2.58. The quantitative estimate of drug-likeness (QED) is 0.832. The maximum atomic E-state index is 13.1. The van der Waals surface area contributed by atoms with Crippen LogP contribution in [-0.4, -0.2) is 31.1 Å². The van der Waals surface area contributed by atoms with E-state index in [0.717, 1.165) is 50.3 Å². The van der Waals surface area contributed by atoms with E-state index in [1.165, 1.54) is 18.6 Å². The van der Waals surface area contributed by atoms with Crippen LogP contribution < -0.4 is 5.32 Å². The van der Waals surface area contributed by atoms with Gasteiger partial charge in [0.05, 0.1) is 5.56 Å². The predicted molar refractivity (Wildman–Crippen MR) is 91.3 cm³/mol. The molecule has 1 aliphatic heterocycles. The summed E-state index contributed by atoms with van der Waals surface area (Å²) in [5.41, 5.74) is 1.26. The summed E-state index contributed by atoms with van der Waals surface area (Å²) < 4.78 is 39.3. The van der Waals surface area contributed by atoms with Gasteiger partial charge in [0.25, 0.3) is 0 Å². The molecule has 1 aromatic carbocycles. The smallest absolute Gasteiger partial charge is 0.385 e. The summed E-state index contributed by atoms with van der Waals surface area (Å²) in [7, 11) is 0. The molecule has 1 N–H and O–H groups in total. The van der Waals surface area contributed by atoms with Gasteiger partial charge in [-0.15, -0.1) is 0 Å². The van der Waals surface area contributed by atoms with E-state index in [2.05, 4.69) is 24.1 Å². The van der Waals surface area contributed by atoms with Crippen LogP contribution in [0.2, 0.25) is 0 Å². The summed E-state index contributed by atoms with van der Waals surface area (Å²) in [6.07, 6.45) is -0.957. The van der Waals surface area contributed by atoms with E-state index in [4.69, 9.17) is 0 Å². The van der Waals surface area contributed by atoms with Gasteiger partial charge in [0.1, 0.15) is 0 Å². The highest BCUT2D eigenvalue weighted by atomic mass is 19.4. The molecule has 2 aliphatic rings. The van der Waals surface area contributed by atoms with Crippen LogP contribution >= 0.6 is 0 Å². The van der Waals surface area contributed by atoms with E-state index < -0.39 is 11.7 Å². The Hall–Kier alpha value is -1.23. The molecule has 3 unspecified atom stereocenters. The lowest BCUT2D eigenvalue weighted by atomic mass is 9.69. The maximum absolute atomic E-state index is 13.1. The van der Waals surface area contributed by atoms with Gasteiger partial charge in [0.15, 0.2) is 0 Å². The highest BCUT2D eigenvalue weighted by Crippen LogP contribution is 2.47. The minimum Gasteiger partial charge on any atom is -0.385 e. The van der Waals surface area contributed by atoms with Crippen molar-refractivity contribution in [2.45, 2.75) is 45.2 Å². The van der Waals surface area contributed by atoms with E-state index in [9.17, 15) is 13.2 Å². The summed E-state index contributed by atoms with van der Waals surface area (Å²) in [5.74, 6) is 1.32. The third-order valence-corrected chi connectivity index (χ3v) is 5.85. The highest BCUT2D eigenvalue weighted by Gasteiger charge is 2.38. The Balaban J connectivity index is 1.82. The van der Waals surface area contributed by atoms with E-state index in [1.54, 1.807) is 6.07 Å². The van der Waals surface area contributed by atoms with Crippen molar-refractivity contribution >= 4 is 5.69 Å². The average molecular weight is 340 g/mol.